The number of ether oxygens (including phenoxy) is 1. The fourth-order valence-electron chi connectivity index (χ4n) is 1.03. The van der Waals surface area contributed by atoms with Crippen LogP contribution in [0.5, 0.6) is 5.75 Å². The molecule has 0 saturated carbocycles. The predicted octanol–water partition coefficient (Wildman–Crippen LogP) is 1.78. The van der Waals surface area contributed by atoms with E-state index in [0.717, 1.165) is 6.26 Å². The first kappa shape index (κ1) is 12.4. The van der Waals surface area contributed by atoms with Crippen molar-refractivity contribution in [2.24, 2.45) is 5.11 Å². The smallest absolute Gasteiger partial charge is 0.175 e. The van der Waals surface area contributed by atoms with Gasteiger partial charge in [0.25, 0.3) is 0 Å². The van der Waals surface area contributed by atoms with Crippen LogP contribution in [0.15, 0.2) is 34.3 Å². The molecule has 0 amide bonds. The van der Waals surface area contributed by atoms with E-state index in [0.29, 0.717) is 5.75 Å². The van der Waals surface area contributed by atoms with Crippen molar-refractivity contribution >= 4 is 9.84 Å². The SMILES string of the molecule is CS(=O)(=O)c1ccc(OCCN=[N+]=[N-])cc1. The number of sulfone groups is 1. The molecule has 0 aliphatic rings. The summed E-state index contributed by atoms with van der Waals surface area (Å²) >= 11 is 0. The molecule has 16 heavy (non-hydrogen) atoms. The maximum absolute atomic E-state index is 11.1. The van der Waals surface area contributed by atoms with E-state index in [1.807, 2.05) is 0 Å². The lowest BCUT2D eigenvalue weighted by Gasteiger charge is -2.04. The molecule has 1 aromatic carbocycles. The molecule has 0 aliphatic heterocycles. The molecule has 0 unspecified atom stereocenters. The molecular weight excluding hydrogens is 230 g/mol. The van der Waals surface area contributed by atoms with Crippen LogP contribution in [0.25, 0.3) is 10.4 Å². The summed E-state index contributed by atoms with van der Waals surface area (Å²) in [6, 6.07) is 6.06. The summed E-state index contributed by atoms with van der Waals surface area (Å²) in [5.74, 6) is 0.542. The van der Waals surface area contributed by atoms with Gasteiger partial charge in [0.2, 0.25) is 0 Å². The molecule has 0 fully saturated rings. The van der Waals surface area contributed by atoms with Crippen molar-refractivity contribution in [1.29, 1.82) is 0 Å². The van der Waals surface area contributed by atoms with Gasteiger partial charge >= 0.3 is 0 Å². The maximum Gasteiger partial charge on any atom is 0.175 e. The molecule has 6 nitrogen and oxygen atoms in total. The Morgan fingerprint density at radius 2 is 2.00 bits per heavy atom. The van der Waals surface area contributed by atoms with Gasteiger partial charge in [-0.1, -0.05) is 5.11 Å². The number of rotatable bonds is 5. The first-order valence-electron chi connectivity index (χ1n) is 4.48. The van der Waals surface area contributed by atoms with Crippen LogP contribution in [0, 0.1) is 0 Å². The third-order valence-electron chi connectivity index (χ3n) is 1.78. The van der Waals surface area contributed by atoms with Crippen LogP contribution in [0.2, 0.25) is 0 Å². The molecule has 0 bridgehead atoms. The van der Waals surface area contributed by atoms with Crippen LogP contribution >= 0.6 is 0 Å². The summed E-state index contributed by atoms with van der Waals surface area (Å²) < 4.78 is 27.5. The highest BCUT2D eigenvalue weighted by molar-refractivity contribution is 7.90. The number of nitrogens with zero attached hydrogens (tertiary/aromatic N) is 3. The molecule has 7 heteroatoms. The number of azide groups is 1. The van der Waals surface area contributed by atoms with Crippen LogP contribution in [-0.4, -0.2) is 27.8 Å². The highest BCUT2D eigenvalue weighted by Crippen LogP contribution is 2.15. The highest BCUT2D eigenvalue weighted by atomic mass is 32.2. The Hall–Kier alpha value is -1.72. The van der Waals surface area contributed by atoms with Gasteiger partial charge in [-0.05, 0) is 29.8 Å². The summed E-state index contributed by atoms with van der Waals surface area (Å²) in [6.45, 7) is 0.507. The second-order valence-corrected chi connectivity index (χ2v) is 5.06. The fourth-order valence-corrected chi connectivity index (χ4v) is 1.66. The van der Waals surface area contributed by atoms with Crippen molar-refractivity contribution < 1.29 is 13.2 Å². The van der Waals surface area contributed by atoms with E-state index in [2.05, 4.69) is 10.0 Å². The van der Waals surface area contributed by atoms with Gasteiger partial charge in [-0.3, -0.25) is 0 Å². The molecule has 0 N–H and O–H groups in total. The summed E-state index contributed by atoms with van der Waals surface area (Å²) in [6.07, 6.45) is 1.14. The van der Waals surface area contributed by atoms with Crippen LogP contribution in [0.1, 0.15) is 0 Å². The van der Waals surface area contributed by atoms with Crippen molar-refractivity contribution in [1.82, 2.24) is 0 Å². The van der Waals surface area contributed by atoms with Crippen molar-refractivity contribution in [2.45, 2.75) is 4.90 Å². The Morgan fingerprint density at radius 3 is 2.50 bits per heavy atom. The molecule has 1 aromatic rings. The molecule has 1 rings (SSSR count). The third kappa shape index (κ3) is 3.80. The van der Waals surface area contributed by atoms with Crippen molar-refractivity contribution in [3.63, 3.8) is 0 Å². The molecule has 0 atom stereocenters. The highest BCUT2D eigenvalue weighted by Gasteiger charge is 2.05. The second kappa shape index (κ2) is 5.39. The van der Waals surface area contributed by atoms with Crippen molar-refractivity contribution in [2.75, 3.05) is 19.4 Å². The zero-order valence-electron chi connectivity index (χ0n) is 8.70. The molecule has 0 saturated heterocycles. The standard InChI is InChI=1S/C9H11N3O3S/c1-16(13,14)9-4-2-8(3-5-9)15-7-6-11-12-10/h2-5H,6-7H2,1H3. The summed E-state index contributed by atoms with van der Waals surface area (Å²) in [5, 5.41) is 3.30. The Kier molecular flexibility index (Phi) is 4.16. The lowest BCUT2D eigenvalue weighted by molar-refractivity contribution is 0.328. The molecule has 0 spiro atoms. The fraction of sp³-hybridized carbons (Fsp3) is 0.333. The molecule has 0 aromatic heterocycles. The average Bonchev–Trinajstić information content (AvgIpc) is 2.24. The number of hydrogen-bond donors (Lipinski definition) is 0. The van der Waals surface area contributed by atoms with Gasteiger partial charge in [-0.15, -0.1) is 0 Å². The van der Waals surface area contributed by atoms with Gasteiger partial charge in [0.1, 0.15) is 5.75 Å². The quantitative estimate of drug-likeness (QED) is 0.340. The average molecular weight is 241 g/mol. The van der Waals surface area contributed by atoms with Crippen LogP contribution in [0.4, 0.5) is 0 Å². The van der Waals surface area contributed by atoms with E-state index in [4.69, 9.17) is 10.3 Å². The summed E-state index contributed by atoms with van der Waals surface area (Å²) in [7, 11) is -3.17. The van der Waals surface area contributed by atoms with E-state index in [-0.39, 0.29) is 18.0 Å². The van der Waals surface area contributed by atoms with Crippen molar-refractivity contribution in [3.05, 3.63) is 34.7 Å². The zero-order chi connectivity index (χ0) is 12.0. The van der Waals surface area contributed by atoms with Gasteiger partial charge in [-0.25, -0.2) is 8.42 Å². The zero-order valence-corrected chi connectivity index (χ0v) is 9.51. The van der Waals surface area contributed by atoms with Gasteiger partial charge in [0, 0.05) is 11.2 Å². The second-order valence-electron chi connectivity index (χ2n) is 3.05. The summed E-state index contributed by atoms with van der Waals surface area (Å²) in [5.41, 5.74) is 8.03. The van der Waals surface area contributed by atoms with E-state index in [1.165, 1.54) is 12.1 Å². The molecule has 86 valence electrons. The normalized spacial score (nSPS) is 10.6. The predicted molar refractivity (Wildman–Crippen MR) is 59.1 cm³/mol. The van der Waals surface area contributed by atoms with E-state index >= 15 is 0 Å². The minimum absolute atomic E-state index is 0.240. The Morgan fingerprint density at radius 1 is 1.38 bits per heavy atom. The van der Waals surface area contributed by atoms with E-state index in [9.17, 15) is 8.42 Å². The van der Waals surface area contributed by atoms with Crippen LogP contribution < -0.4 is 4.74 Å². The molecule has 0 radical (unpaired) electrons. The Balaban J connectivity index is 2.62. The number of hydrogen-bond acceptors (Lipinski definition) is 4. The van der Waals surface area contributed by atoms with Crippen LogP contribution in [0.3, 0.4) is 0 Å². The van der Waals surface area contributed by atoms with Crippen molar-refractivity contribution in [3.8, 4) is 5.75 Å². The van der Waals surface area contributed by atoms with Gasteiger partial charge in [0.15, 0.2) is 9.84 Å². The Labute approximate surface area is 93.4 Å². The minimum Gasteiger partial charge on any atom is -0.493 e. The lowest BCUT2D eigenvalue weighted by Crippen LogP contribution is -2.01. The first-order chi connectivity index (χ1) is 7.54. The Bertz CT molecular complexity index is 489. The van der Waals surface area contributed by atoms with E-state index in [1.54, 1.807) is 12.1 Å². The molecular formula is C9H11N3O3S. The third-order valence-corrected chi connectivity index (χ3v) is 2.90. The minimum atomic E-state index is -3.17. The van der Waals surface area contributed by atoms with Gasteiger partial charge < -0.3 is 4.74 Å². The number of benzene rings is 1. The first-order valence-corrected chi connectivity index (χ1v) is 6.37. The van der Waals surface area contributed by atoms with E-state index < -0.39 is 9.84 Å². The molecule has 0 aliphatic carbocycles. The lowest BCUT2D eigenvalue weighted by atomic mass is 10.3. The van der Waals surface area contributed by atoms with Gasteiger partial charge in [0.05, 0.1) is 18.0 Å². The topological polar surface area (TPSA) is 92.1 Å². The largest absolute Gasteiger partial charge is 0.493 e. The summed E-state index contributed by atoms with van der Waals surface area (Å²) in [4.78, 5) is 2.82. The maximum atomic E-state index is 11.1. The van der Waals surface area contributed by atoms with Gasteiger partial charge in [-0.2, -0.15) is 0 Å². The van der Waals surface area contributed by atoms with Crippen LogP contribution in [-0.2, 0) is 9.84 Å². The molecule has 0 heterocycles. The monoisotopic (exact) mass is 241 g/mol.